The number of ether oxygens (including phenoxy) is 1. The van der Waals surface area contributed by atoms with Crippen LogP contribution in [-0.4, -0.2) is 19.6 Å². The minimum atomic E-state index is -0.414. The molecule has 2 aromatic carbocycles. The minimum absolute atomic E-state index is 0. The van der Waals surface area contributed by atoms with Gasteiger partial charge in [0.25, 0.3) is 0 Å². The van der Waals surface area contributed by atoms with Crippen molar-refractivity contribution in [3.05, 3.63) is 64.7 Å². The summed E-state index contributed by atoms with van der Waals surface area (Å²) >= 11 is 0. The van der Waals surface area contributed by atoms with Gasteiger partial charge in [-0.25, -0.2) is 13.8 Å². The Bertz CT molecular complexity index is 754. The lowest BCUT2D eigenvalue weighted by molar-refractivity contribution is 0.386. The third kappa shape index (κ3) is 6.44. The van der Waals surface area contributed by atoms with Crippen molar-refractivity contribution in [2.75, 3.05) is 13.7 Å². The first-order valence-electron chi connectivity index (χ1n) is 8.13. The van der Waals surface area contributed by atoms with Gasteiger partial charge in [0.15, 0.2) is 17.5 Å². The molecule has 7 heteroatoms. The quantitative estimate of drug-likeness (QED) is 0.375. The first-order valence-corrected chi connectivity index (χ1v) is 8.13. The van der Waals surface area contributed by atoms with E-state index in [4.69, 9.17) is 4.74 Å². The van der Waals surface area contributed by atoms with Crippen LogP contribution in [0.5, 0.6) is 5.75 Å². The summed E-state index contributed by atoms with van der Waals surface area (Å²) in [5.41, 5.74) is 2.17. The Labute approximate surface area is 170 Å². The summed E-state index contributed by atoms with van der Waals surface area (Å²) < 4.78 is 32.2. The summed E-state index contributed by atoms with van der Waals surface area (Å²) in [5.74, 6) is 0.150. The molecular formula is C19H24F2IN3O. The monoisotopic (exact) mass is 475 g/mol. The molecule has 2 rings (SSSR count). The van der Waals surface area contributed by atoms with E-state index in [-0.39, 0.29) is 35.5 Å². The molecule has 0 amide bonds. The molecule has 26 heavy (non-hydrogen) atoms. The summed E-state index contributed by atoms with van der Waals surface area (Å²) in [6, 6.07) is 9.87. The van der Waals surface area contributed by atoms with E-state index >= 15 is 0 Å². The Kier molecular flexibility index (Phi) is 9.32. The Morgan fingerprint density at radius 3 is 2.35 bits per heavy atom. The van der Waals surface area contributed by atoms with Crippen molar-refractivity contribution in [2.45, 2.75) is 26.9 Å². The van der Waals surface area contributed by atoms with Crippen molar-refractivity contribution in [2.24, 2.45) is 4.99 Å². The molecule has 0 fully saturated rings. The predicted molar refractivity (Wildman–Crippen MR) is 111 cm³/mol. The lowest BCUT2D eigenvalue weighted by Gasteiger charge is -2.12. The lowest BCUT2D eigenvalue weighted by Crippen LogP contribution is -2.36. The largest absolute Gasteiger partial charge is 0.494 e. The number of hydrogen-bond acceptors (Lipinski definition) is 2. The third-order valence-electron chi connectivity index (χ3n) is 3.68. The Hall–Kier alpha value is -1.90. The van der Waals surface area contributed by atoms with Gasteiger partial charge in [-0.05, 0) is 48.7 Å². The molecule has 0 saturated carbocycles. The van der Waals surface area contributed by atoms with Crippen LogP contribution in [0.1, 0.15) is 23.6 Å². The molecule has 0 aliphatic heterocycles. The number of halogens is 3. The first kappa shape index (κ1) is 22.1. The SMILES string of the molecule is CCNC(=NCc1ccc(OC)c(F)c1)NCc1ccc(C)c(F)c1.I. The number of nitrogens with zero attached hydrogens (tertiary/aromatic N) is 1. The van der Waals surface area contributed by atoms with Crippen LogP contribution in [-0.2, 0) is 13.1 Å². The van der Waals surface area contributed by atoms with Crippen molar-refractivity contribution in [1.82, 2.24) is 10.6 Å². The van der Waals surface area contributed by atoms with Gasteiger partial charge in [-0.1, -0.05) is 18.2 Å². The standard InChI is InChI=1S/C19H23F2N3O.HI/c1-4-22-19(23-11-14-6-5-13(2)16(20)9-14)24-12-15-7-8-18(25-3)17(21)10-15;/h5-10H,4,11-12H2,1-3H3,(H2,22,23,24);1H. The number of hydrogen-bond donors (Lipinski definition) is 2. The zero-order valence-corrected chi connectivity index (χ0v) is 17.4. The molecule has 4 nitrogen and oxygen atoms in total. The van der Waals surface area contributed by atoms with Crippen LogP contribution in [0.15, 0.2) is 41.4 Å². The fourth-order valence-electron chi connectivity index (χ4n) is 2.25. The first-order chi connectivity index (χ1) is 12.0. The fourth-order valence-corrected chi connectivity index (χ4v) is 2.25. The molecule has 2 N–H and O–H groups in total. The molecule has 0 radical (unpaired) electrons. The zero-order chi connectivity index (χ0) is 18.2. The number of guanidine groups is 1. The van der Waals surface area contributed by atoms with Crippen LogP contribution in [0.4, 0.5) is 8.78 Å². The summed E-state index contributed by atoms with van der Waals surface area (Å²) in [6.07, 6.45) is 0. The van der Waals surface area contributed by atoms with Crippen LogP contribution in [0, 0.1) is 18.6 Å². The zero-order valence-electron chi connectivity index (χ0n) is 15.1. The maximum absolute atomic E-state index is 13.7. The van der Waals surface area contributed by atoms with Gasteiger partial charge in [0.2, 0.25) is 0 Å². The average Bonchev–Trinajstić information content (AvgIpc) is 2.60. The molecule has 0 saturated heterocycles. The second-order valence-electron chi connectivity index (χ2n) is 5.60. The number of methoxy groups -OCH3 is 1. The van der Waals surface area contributed by atoms with Crippen LogP contribution >= 0.6 is 24.0 Å². The third-order valence-corrected chi connectivity index (χ3v) is 3.68. The number of rotatable bonds is 6. The molecule has 0 spiro atoms. The molecule has 0 aromatic heterocycles. The maximum Gasteiger partial charge on any atom is 0.191 e. The van der Waals surface area contributed by atoms with Crippen LogP contribution in [0.3, 0.4) is 0 Å². The summed E-state index contributed by atoms with van der Waals surface area (Å²) in [6.45, 7) is 5.13. The van der Waals surface area contributed by atoms with Crippen molar-refractivity contribution in [3.63, 3.8) is 0 Å². The van der Waals surface area contributed by atoms with Gasteiger partial charge < -0.3 is 15.4 Å². The van der Waals surface area contributed by atoms with Crippen molar-refractivity contribution >= 4 is 29.9 Å². The smallest absolute Gasteiger partial charge is 0.191 e. The molecule has 0 unspecified atom stereocenters. The number of aliphatic imine (C=N–C) groups is 1. The van der Waals surface area contributed by atoms with Gasteiger partial charge in [-0.2, -0.15) is 0 Å². The number of aryl methyl sites for hydroxylation is 1. The molecular weight excluding hydrogens is 451 g/mol. The number of nitrogens with one attached hydrogen (secondary N) is 2. The normalized spacial score (nSPS) is 10.9. The van der Waals surface area contributed by atoms with Gasteiger partial charge in [-0.3, -0.25) is 0 Å². The van der Waals surface area contributed by atoms with E-state index in [1.54, 1.807) is 25.1 Å². The highest BCUT2D eigenvalue weighted by Gasteiger charge is 2.05. The molecule has 0 heterocycles. The average molecular weight is 475 g/mol. The van der Waals surface area contributed by atoms with E-state index in [0.717, 1.165) is 11.1 Å². The molecule has 142 valence electrons. The molecule has 0 bridgehead atoms. The van der Waals surface area contributed by atoms with E-state index in [1.165, 1.54) is 19.2 Å². The minimum Gasteiger partial charge on any atom is -0.494 e. The van der Waals surface area contributed by atoms with Crippen LogP contribution in [0.2, 0.25) is 0 Å². The van der Waals surface area contributed by atoms with Gasteiger partial charge in [-0.15, -0.1) is 24.0 Å². The maximum atomic E-state index is 13.7. The van der Waals surface area contributed by atoms with Gasteiger partial charge >= 0.3 is 0 Å². The van der Waals surface area contributed by atoms with E-state index < -0.39 is 5.82 Å². The summed E-state index contributed by atoms with van der Waals surface area (Å²) in [7, 11) is 1.43. The van der Waals surface area contributed by atoms with E-state index in [0.29, 0.717) is 31.2 Å². The molecule has 2 aromatic rings. The summed E-state index contributed by atoms with van der Waals surface area (Å²) in [4.78, 5) is 4.43. The second kappa shape index (κ2) is 10.9. The number of benzene rings is 2. The Morgan fingerprint density at radius 2 is 1.73 bits per heavy atom. The molecule has 0 atom stereocenters. The lowest BCUT2D eigenvalue weighted by atomic mass is 10.1. The Balaban J connectivity index is 0.00000338. The molecule has 0 aliphatic rings. The van der Waals surface area contributed by atoms with Crippen LogP contribution < -0.4 is 15.4 Å². The van der Waals surface area contributed by atoms with Crippen molar-refractivity contribution in [1.29, 1.82) is 0 Å². The second-order valence-corrected chi connectivity index (χ2v) is 5.60. The highest BCUT2D eigenvalue weighted by atomic mass is 127. The highest BCUT2D eigenvalue weighted by Crippen LogP contribution is 2.18. The van der Waals surface area contributed by atoms with Gasteiger partial charge in [0, 0.05) is 13.1 Å². The Morgan fingerprint density at radius 1 is 1.04 bits per heavy atom. The summed E-state index contributed by atoms with van der Waals surface area (Å²) in [5, 5.41) is 6.26. The fraction of sp³-hybridized carbons (Fsp3) is 0.316. The van der Waals surface area contributed by atoms with Crippen molar-refractivity contribution < 1.29 is 13.5 Å². The highest BCUT2D eigenvalue weighted by molar-refractivity contribution is 14.0. The van der Waals surface area contributed by atoms with E-state index in [1.807, 2.05) is 13.0 Å². The molecule has 0 aliphatic carbocycles. The van der Waals surface area contributed by atoms with E-state index in [2.05, 4.69) is 15.6 Å². The predicted octanol–water partition coefficient (Wildman–Crippen LogP) is 4.16. The van der Waals surface area contributed by atoms with Gasteiger partial charge in [0.05, 0.1) is 13.7 Å². The van der Waals surface area contributed by atoms with Crippen LogP contribution in [0.25, 0.3) is 0 Å². The van der Waals surface area contributed by atoms with E-state index in [9.17, 15) is 8.78 Å². The topological polar surface area (TPSA) is 45.7 Å². The van der Waals surface area contributed by atoms with Crippen molar-refractivity contribution in [3.8, 4) is 5.75 Å². The van der Waals surface area contributed by atoms with Gasteiger partial charge in [0.1, 0.15) is 5.82 Å².